The number of aromatic nitrogens is 4. The molecule has 0 aliphatic carbocycles. The van der Waals surface area contributed by atoms with E-state index in [0.717, 1.165) is 0 Å². The molecule has 0 aliphatic rings. The largest absolute Gasteiger partial charge is 0.481 e. The Bertz CT molecular complexity index is 1090. The summed E-state index contributed by atoms with van der Waals surface area (Å²) in [7, 11) is 0. The SMILES string of the molecule is O=C(O)Cc1nnc(Cc2nc3ccc(-c4ccccn4)c(F)c3s2)o1. The molecule has 0 unspecified atom stereocenters. The zero-order valence-corrected chi connectivity index (χ0v) is 14.0. The number of hydrogen-bond donors (Lipinski definition) is 1. The summed E-state index contributed by atoms with van der Waals surface area (Å²) in [6.45, 7) is 0. The Morgan fingerprint density at radius 2 is 2.04 bits per heavy atom. The molecule has 0 radical (unpaired) electrons. The molecule has 0 atom stereocenters. The molecule has 7 nitrogen and oxygen atoms in total. The third-order valence-electron chi connectivity index (χ3n) is 3.60. The number of pyridine rings is 1. The summed E-state index contributed by atoms with van der Waals surface area (Å²) >= 11 is 1.19. The molecule has 4 aromatic rings. The van der Waals surface area contributed by atoms with Crippen molar-refractivity contribution in [2.24, 2.45) is 0 Å². The minimum Gasteiger partial charge on any atom is -0.481 e. The molecule has 0 bridgehead atoms. The van der Waals surface area contributed by atoms with Crippen molar-refractivity contribution in [2.45, 2.75) is 12.8 Å². The fraction of sp³-hybridized carbons (Fsp3) is 0.118. The van der Waals surface area contributed by atoms with Gasteiger partial charge in [-0.25, -0.2) is 9.37 Å². The van der Waals surface area contributed by atoms with E-state index in [1.54, 1.807) is 36.5 Å². The molecule has 1 aromatic carbocycles. The summed E-state index contributed by atoms with van der Waals surface area (Å²) in [4.78, 5) is 19.2. The van der Waals surface area contributed by atoms with Crippen LogP contribution in [-0.4, -0.2) is 31.2 Å². The standard InChI is InChI=1S/C17H11FN4O3S/c18-16-9(10-3-1-2-6-19-10)4-5-11-17(16)26-14(20-11)7-12-21-22-13(25-12)8-15(23)24/h1-6H,7-8H2,(H,23,24). The molecule has 1 N–H and O–H groups in total. The maximum absolute atomic E-state index is 14.9. The molecular formula is C17H11FN4O3S. The number of carboxylic acid groups (broad SMARTS) is 1. The summed E-state index contributed by atoms with van der Waals surface area (Å²) in [5.41, 5.74) is 1.50. The molecule has 0 saturated heterocycles. The van der Waals surface area contributed by atoms with Crippen LogP contribution in [0.1, 0.15) is 16.8 Å². The van der Waals surface area contributed by atoms with Crippen LogP contribution in [0.4, 0.5) is 4.39 Å². The highest BCUT2D eigenvalue weighted by Gasteiger charge is 2.16. The van der Waals surface area contributed by atoms with Gasteiger partial charge in [0.25, 0.3) is 0 Å². The van der Waals surface area contributed by atoms with Crippen LogP contribution in [0.5, 0.6) is 0 Å². The van der Waals surface area contributed by atoms with Crippen LogP contribution in [0.2, 0.25) is 0 Å². The first kappa shape index (κ1) is 16.3. The van der Waals surface area contributed by atoms with Crippen LogP contribution in [0, 0.1) is 5.82 Å². The number of nitrogens with zero attached hydrogens (tertiary/aromatic N) is 4. The average Bonchev–Trinajstić information content (AvgIpc) is 3.23. The Morgan fingerprint density at radius 3 is 2.81 bits per heavy atom. The highest BCUT2D eigenvalue weighted by atomic mass is 32.1. The second-order valence-corrected chi connectivity index (χ2v) is 6.52. The van der Waals surface area contributed by atoms with Gasteiger partial charge < -0.3 is 9.52 Å². The van der Waals surface area contributed by atoms with Crippen molar-refractivity contribution >= 4 is 27.5 Å². The molecule has 9 heteroatoms. The van der Waals surface area contributed by atoms with E-state index in [1.165, 1.54) is 11.3 Å². The topological polar surface area (TPSA) is 102 Å². The molecule has 4 rings (SSSR count). The van der Waals surface area contributed by atoms with Crippen LogP contribution >= 0.6 is 11.3 Å². The normalized spacial score (nSPS) is 11.1. The van der Waals surface area contributed by atoms with Gasteiger partial charge in [0.05, 0.1) is 22.3 Å². The highest BCUT2D eigenvalue weighted by molar-refractivity contribution is 7.18. The van der Waals surface area contributed by atoms with E-state index >= 15 is 0 Å². The van der Waals surface area contributed by atoms with E-state index in [2.05, 4.69) is 20.2 Å². The van der Waals surface area contributed by atoms with Crippen molar-refractivity contribution in [1.82, 2.24) is 20.2 Å². The van der Waals surface area contributed by atoms with Crippen molar-refractivity contribution in [1.29, 1.82) is 0 Å². The van der Waals surface area contributed by atoms with E-state index in [9.17, 15) is 9.18 Å². The Kier molecular flexibility index (Phi) is 4.13. The van der Waals surface area contributed by atoms with Crippen molar-refractivity contribution in [3.63, 3.8) is 0 Å². The molecule has 26 heavy (non-hydrogen) atoms. The van der Waals surface area contributed by atoms with Crippen molar-refractivity contribution in [3.8, 4) is 11.3 Å². The molecule has 0 saturated carbocycles. The Hall–Kier alpha value is -3.20. The minimum absolute atomic E-state index is 0.0252. The van der Waals surface area contributed by atoms with Crippen LogP contribution in [0.25, 0.3) is 21.5 Å². The van der Waals surface area contributed by atoms with Gasteiger partial charge in [0, 0.05) is 11.8 Å². The van der Waals surface area contributed by atoms with Crippen LogP contribution in [-0.2, 0) is 17.6 Å². The second kappa shape index (κ2) is 6.60. The van der Waals surface area contributed by atoms with Crippen LogP contribution in [0.3, 0.4) is 0 Å². The van der Waals surface area contributed by atoms with Crippen molar-refractivity contribution in [2.75, 3.05) is 0 Å². The van der Waals surface area contributed by atoms with Gasteiger partial charge in [-0.1, -0.05) is 6.07 Å². The third kappa shape index (κ3) is 3.16. The number of thiazole rings is 1. The Labute approximate surface area is 150 Å². The quantitative estimate of drug-likeness (QED) is 0.576. The number of halogens is 1. The molecule has 3 aromatic heterocycles. The summed E-state index contributed by atoms with van der Waals surface area (Å²) in [5.74, 6) is -1.16. The van der Waals surface area contributed by atoms with E-state index in [0.29, 0.717) is 26.5 Å². The van der Waals surface area contributed by atoms with Gasteiger partial charge in [0.2, 0.25) is 11.8 Å². The number of carbonyl (C=O) groups is 1. The van der Waals surface area contributed by atoms with Gasteiger partial charge in [-0.3, -0.25) is 9.78 Å². The minimum atomic E-state index is -1.05. The lowest BCUT2D eigenvalue weighted by molar-refractivity contribution is -0.136. The summed E-state index contributed by atoms with van der Waals surface area (Å²) in [6.07, 6.45) is 1.49. The maximum atomic E-state index is 14.9. The summed E-state index contributed by atoms with van der Waals surface area (Å²) in [5, 5.41) is 16.8. The smallest absolute Gasteiger partial charge is 0.312 e. The van der Waals surface area contributed by atoms with Gasteiger partial charge in [0.1, 0.15) is 11.4 Å². The number of carboxylic acids is 1. The first-order valence-corrected chi connectivity index (χ1v) is 8.44. The lowest BCUT2D eigenvalue weighted by atomic mass is 10.1. The molecule has 0 amide bonds. The first-order chi connectivity index (χ1) is 12.6. The summed E-state index contributed by atoms with van der Waals surface area (Å²) in [6, 6.07) is 8.71. The zero-order chi connectivity index (χ0) is 18.1. The molecule has 130 valence electrons. The Morgan fingerprint density at radius 1 is 1.19 bits per heavy atom. The molecule has 0 fully saturated rings. The van der Waals surface area contributed by atoms with E-state index in [4.69, 9.17) is 9.52 Å². The number of fused-ring (bicyclic) bond motifs is 1. The first-order valence-electron chi connectivity index (χ1n) is 7.62. The van der Waals surface area contributed by atoms with E-state index in [-0.39, 0.29) is 30.4 Å². The molecular weight excluding hydrogens is 359 g/mol. The third-order valence-corrected chi connectivity index (χ3v) is 4.66. The van der Waals surface area contributed by atoms with Gasteiger partial charge >= 0.3 is 5.97 Å². The fourth-order valence-corrected chi connectivity index (χ4v) is 3.48. The zero-order valence-electron chi connectivity index (χ0n) is 13.2. The monoisotopic (exact) mass is 370 g/mol. The van der Waals surface area contributed by atoms with Gasteiger partial charge in [-0.2, -0.15) is 0 Å². The second-order valence-electron chi connectivity index (χ2n) is 5.43. The van der Waals surface area contributed by atoms with Gasteiger partial charge in [0.15, 0.2) is 5.82 Å². The summed E-state index contributed by atoms with van der Waals surface area (Å²) < 4.78 is 20.6. The predicted octanol–water partition coefficient (Wildman–Crippen LogP) is 3.10. The number of hydrogen-bond acceptors (Lipinski definition) is 7. The van der Waals surface area contributed by atoms with E-state index < -0.39 is 5.97 Å². The average molecular weight is 370 g/mol. The number of rotatable bonds is 5. The number of aliphatic carboxylic acids is 1. The fourth-order valence-electron chi connectivity index (χ4n) is 2.49. The Balaban J connectivity index is 1.64. The maximum Gasteiger partial charge on any atom is 0.312 e. The van der Waals surface area contributed by atoms with Crippen molar-refractivity contribution < 1.29 is 18.7 Å². The van der Waals surface area contributed by atoms with Crippen LogP contribution < -0.4 is 0 Å². The van der Waals surface area contributed by atoms with Crippen LogP contribution in [0.15, 0.2) is 40.9 Å². The van der Waals surface area contributed by atoms with Gasteiger partial charge in [-0.15, -0.1) is 21.5 Å². The number of benzene rings is 1. The lowest BCUT2D eigenvalue weighted by Crippen LogP contribution is -1.99. The highest BCUT2D eigenvalue weighted by Crippen LogP contribution is 2.32. The molecule has 0 aliphatic heterocycles. The predicted molar refractivity (Wildman–Crippen MR) is 91.3 cm³/mol. The molecule has 3 heterocycles. The van der Waals surface area contributed by atoms with E-state index in [1.807, 2.05) is 0 Å². The van der Waals surface area contributed by atoms with Gasteiger partial charge in [-0.05, 0) is 24.3 Å². The molecule has 0 spiro atoms. The lowest BCUT2D eigenvalue weighted by Gasteiger charge is -2.02. The van der Waals surface area contributed by atoms with Crippen molar-refractivity contribution in [3.05, 3.63) is 59.1 Å².